The molecule has 2 fully saturated rings. The first-order chi connectivity index (χ1) is 13.1. The topological polar surface area (TPSA) is 75.2 Å². The van der Waals surface area contributed by atoms with E-state index < -0.39 is 0 Å². The van der Waals surface area contributed by atoms with Gasteiger partial charge in [0.25, 0.3) is 5.91 Å². The van der Waals surface area contributed by atoms with E-state index in [-0.39, 0.29) is 23.1 Å². The van der Waals surface area contributed by atoms with Gasteiger partial charge in [0.2, 0.25) is 5.91 Å². The van der Waals surface area contributed by atoms with Crippen LogP contribution in [0.5, 0.6) is 0 Å². The first-order valence-electron chi connectivity index (χ1n) is 9.46. The lowest BCUT2D eigenvalue weighted by molar-refractivity contribution is -0.129. The fraction of sp³-hybridized carbons (Fsp3) is 0.429. The summed E-state index contributed by atoms with van der Waals surface area (Å²) in [6.45, 7) is 3.53. The van der Waals surface area contributed by atoms with Crippen LogP contribution in [0.3, 0.4) is 0 Å². The van der Waals surface area contributed by atoms with Crippen LogP contribution in [-0.2, 0) is 11.3 Å². The highest BCUT2D eigenvalue weighted by Gasteiger charge is 2.54. The van der Waals surface area contributed by atoms with Crippen LogP contribution in [0, 0.1) is 18.3 Å². The summed E-state index contributed by atoms with van der Waals surface area (Å²) in [6.07, 6.45) is 8.22. The largest absolute Gasteiger partial charge is 0.352 e. The van der Waals surface area contributed by atoms with Crippen molar-refractivity contribution in [1.82, 2.24) is 20.2 Å². The lowest BCUT2D eigenvalue weighted by Gasteiger charge is -2.41. The van der Waals surface area contributed by atoms with E-state index in [4.69, 9.17) is 0 Å². The minimum Gasteiger partial charge on any atom is -0.352 e. The number of hydrogen-bond donors (Lipinski definition) is 1. The van der Waals surface area contributed by atoms with Crippen molar-refractivity contribution in [3.05, 3.63) is 59.7 Å². The molecule has 2 amide bonds. The van der Waals surface area contributed by atoms with E-state index in [0.717, 1.165) is 30.5 Å². The quantitative estimate of drug-likeness (QED) is 0.904. The average molecular weight is 364 g/mol. The highest BCUT2D eigenvalue weighted by Crippen LogP contribution is 2.52. The average Bonchev–Trinajstić information content (AvgIpc) is 3.08. The second-order valence-corrected chi connectivity index (χ2v) is 7.72. The zero-order valence-corrected chi connectivity index (χ0v) is 15.5. The van der Waals surface area contributed by atoms with Gasteiger partial charge >= 0.3 is 0 Å². The van der Waals surface area contributed by atoms with Crippen molar-refractivity contribution in [3.8, 4) is 0 Å². The van der Waals surface area contributed by atoms with Gasteiger partial charge in [0.1, 0.15) is 0 Å². The second-order valence-electron chi connectivity index (χ2n) is 7.72. The summed E-state index contributed by atoms with van der Waals surface area (Å²) in [4.78, 5) is 35.8. The summed E-state index contributed by atoms with van der Waals surface area (Å²) < 4.78 is 0. The molecule has 0 radical (unpaired) electrons. The maximum absolute atomic E-state index is 12.9. The summed E-state index contributed by atoms with van der Waals surface area (Å²) in [6, 6.07) is 7.46. The van der Waals surface area contributed by atoms with Gasteiger partial charge in [-0.05, 0) is 49.6 Å². The third kappa shape index (κ3) is 3.44. The second kappa shape index (κ2) is 7.10. The van der Waals surface area contributed by atoms with Crippen molar-refractivity contribution in [2.45, 2.75) is 32.7 Å². The molecule has 6 nitrogen and oxygen atoms in total. The Morgan fingerprint density at radius 1 is 1.22 bits per heavy atom. The zero-order chi connectivity index (χ0) is 18.9. The number of carbonyl (C=O) groups excluding carboxylic acids is 2. The van der Waals surface area contributed by atoms with Crippen LogP contribution in [0.1, 0.15) is 40.9 Å². The Balaban J connectivity index is 1.45. The van der Waals surface area contributed by atoms with Crippen LogP contribution in [0.25, 0.3) is 0 Å². The highest BCUT2D eigenvalue weighted by atomic mass is 16.2. The third-order valence-electron chi connectivity index (χ3n) is 5.98. The van der Waals surface area contributed by atoms with Crippen LogP contribution in [-0.4, -0.2) is 39.8 Å². The first kappa shape index (κ1) is 17.6. The smallest absolute Gasteiger partial charge is 0.255 e. The van der Waals surface area contributed by atoms with E-state index in [1.54, 1.807) is 18.6 Å². The molecule has 1 aliphatic heterocycles. The highest BCUT2D eigenvalue weighted by molar-refractivity contribution is 5.95. The molecule has 1 unspecified atom stereocenters. The number of amides is 2. The van der Waals surface area contributed by atoms with E-state index in [0.29, 0.717) is 25.2 Å². The fourth-order valence-corrected chi connectivity index (χ4v) is 4.21. The third-order valence-corrected chi connectivity index (χ3v) is 5.98. The van der Waals surface area contributed by atoms with Crippen LogP contribution in [0.15, 0.2) is 42.9 Å². The standard InChI is InChI=1S/C21H24N4O2/c1-15-3-4-17(12-23-15)20(27)25-13-18(21(14-25)7-2-8-21)19(26)24-11-16-5-9-22-10-6-16/h3-6,9-10,12,18H,2,7-8,11,13-14H2,1H3,(H,24,26). The molecule has 1 N–H and O–H groups in total. The summed E-state index contributed by atoms with van der Waals surface area (Å²) in [5, 5.41) is 3.05. The molecule has 2 aliphatic rings. The van der Waals surface area contributed by atoms with Gasteiger partial charge in [-0.3, -0.25) is 19.6 Å². The molecule has 6 heteroatoms. The lowest BCUT2D eigenvalue weighted by Crippen LogP contribution is -2.45. The summed E-state index contributed by atoms with van der Waals surface area (Å²) in [5.41, 5.74) is 2.44. The maximum Gasteiger partial charge on any atom is 0.255 e. The van der Waals surface area contributed by atoms with Crippen molar-refractivity contribution in [2.24, 2.45) is 11.3 Å². The molecule has 1 spiro atoms. The van der Waals surface area contributed by atoms with Gasteiger partial charge in [0.05, 0.1) is 11.5 Å². The van der Waals surface area contributed by atoms with Gasteiger partial charge in [-0.2, -0.15) is 0 Å². The Bertz CT molecular complexity index is 831. The molecule has 140 valence electrons. The molecule has 27 heavy (non-hydrogen) atoms. The van der Waals surface area contributed by atoms with Gasteiger partial charge in [-0.15, -0.1) is 0 Å². The van der Waals surface area contributed by atoms with Gasteiger partial charge in [0, 0.05) is 49.3 Å². The molecule has 1 saturated carbocycles. The number of nitrogens with one attached hydrogen (secondary N) is 1. The van der Waals surface area contributed by atoms with Crippen LogP contribution in [0.4, 0.5) is 0 Å². The molecular formula is C21H24N4O2. The molecule has 1 atom stereocenters. The summed E-state index contributed by atoms with van der Waals surface area (Å²) >= 11 is 0. The molecule has 4 rings (SSSR count). The Hall–Kier alpha value is -2.76. The zero-order valence-electron chi connectivity index (χ0n) is 15.5. The van der Waals surface area contributed by atoms with E-state index in [1.165, 1.54) is 0 Å². The first-order valence-corrected chi connectivity index (χ1v) is 9.46. The predicted octanol–water partition coefficient (Wildman–Crippen LogP) is 2.34. The van der Waals surface area contributed by atoms with E-state index in [9.17, 15) is 9.59 Å². The van der Waals surface area contributed by atoms with Crippen molar-refractivity contribution in [2.75, 3.05) is 13.1 Å². The summed E-state index contributed by atoms with van der Waals surface area (Å²) in [5.74, 6) is -0.127. The van der Waals surface area contributed by atoms with Crippen molar-refractivity contribution >= 4 is 11.8 Å². The Labute approximate surface area is 159 Å². The van der Waals surface area contributed by atoms with Crippen molar-refractivity contribution < 1.29 is 9.59 Å². The molecule has 2 aromatic rings. The van der Waals surface area contributed by atoms with Gasteiger partial charge < -0.3 is 10.2 Å². The maximum atomic E-state index is 12.9. The molecule has 3 heterocycles. The minimum atomic E-state index is -0.143. The number of carbonyl (C=O) groups is 2. The van der Waals surface area contributed by atoms with Gasteiger partial charge in [-0.1, -0.05) is 6.42 Å². The number of likely N-dealkylation sites (tertiary alicyclic amines) is 1. The van der Waals surface area contributed by atoms with Gasteiger partial charge in [-0.25, -0.2) is 0 Å². The van der Waals surface area contributed by atoms with Crippen molar-refractivity contribution in [3.63, 3.8) is 0 Å². The van der Waals surface area contributed by atoms with Gasteiger partial charge in [0.15, 0.2) is 0 Å². The van der Waals surface area contributed by atoms with Crippen LogP contribution in [0.2, 0.25) is 0 Å². The number of hydrogen-bond acceptors (Lipinski definition) is 4. The van der Waals surface area contributed by atoms with Crippen LogP contribution < -0.4 is 5.32 Å². The van der Waals surface area contributed by atoms with Crippen molar-refractivity contribution in [1.29, 1.82) is 0 Å². The fourth-order valence-electron chi connectivity index (χ4n) is 4.21. The lowest BCUT2D eigenvalue weighted by atomic mass is 9.62. The predicted molar refractivity (Wildman–Crippen MR) is 101 cm³/mol. The molecule has 2 aromatic heterocycles. The van der Waals surface area contributed by atoms with E-state index in [2.05, 4.69) is 15.3 Å². The number of pyridine rings is 2. The number of aromatic nitrogens is 2. The molecular weight excluding hydrogens is 340 g/mol. The SMILES string of the molecule is Cc1ccc(C(=O)N2CC(C(=O)NCc3ccncc3)C3(CCC3)C2)cn1. The monoisotopic (exact) mass is 364 g/mol. The number of rotatable bonds is 4. The number of aryl methyl sites for hydroxylation is 1. The van der Waals surface area contributed by atoms with E-state index in [1.807, 2.05) is 36.1 Å². The Morgan fingerprint density at radius 2 is 2.00 bits per heavy atom. The Kier molecular flexibility index (Phi) is 4.64. The minimum absolute atomic E-state index is 0.0294. The number of nitrogens with zero attached hydrogens (tertiary/aromatic N) is 3. The van der Waals surface area contributed by atoms with Crippen LogP contribution >= 0.6 is 0 Å². The molecule has 1 aliphatic carbocycles. The normalized spacial score (nSPS) is 20.3. The Morgan fingerprint density at radius 3 is 2.63 bits per heavy atom. The van der Waals surface area contributed by atoms with E-state index >= 15 is 0 Å². The molecule has 0 aromatic carbocycles. The molecule has 1 saturated heterocycles. The summed E-state index contributed by atoms with van der Waals surface area (Å²) in [7, 11) is 0. The molecule has 0 bridgehead atoms.